The number of aliphatic hydroxyl groups excluding tert-OH is 1. The SMILES string of the molecule is CC(O)(C(=O)O)[C@H](O)c1ccccc1I. The Labute approximate surface area is 101 Å². The molecule has 0 heterocycles. The fourth-order valence-corrected chi connectivity index (χ4v) is 1.80. The summed E-state index contributed by atoms with van der Waals surface area (Å²) in [5.41, 5.74) is -1.77. The number of carboxylic acid groups (broad SMARTS) is 1. The molecular weight excluding hydrogens is 311 g/mol. The van der Waals surface area contributed by atoms with Gasteiger partial charge in [-0.3, -0.25) is 0 Å². The molecule has 15 heavy (non-hydrogen) atoms. The summed E-state index contributed by atoms with van der Waals surface area (Å²) in [6.07, 6.45) is -1.44. The van der Waals surface area contributed by atoms with Crippen molar-refractivity contribution in [3.63, 3.8) is 0 Å². The van der Waals surface area contributed by atoms with Gasteiger partial charge in [0.1, 0.15) is 6.10 Å². The van der Waals surface area contributed by atoms with Crippen LogP contribution in [-0.2, 0) is 4.79 Å². The van der Waals surface area contributed by atoms with Crippen LogP contribution in [0.5, 0.6) is 0 Å². The van der Waals surface area contributed by atoms with Gasteiger partial charge in [0, 0.05) is 3.57 Å². The number of aliphatic hydroxyl groups is 2. The molecule has 0 aliphatic carbocycles. The van der Waals surface area contributed by atoms with Crippen LogP contribution in [0.4, 0.5) is 0 Å². The largest absolute Gasteiger partial charge is 0.479 e. The molecule has 1 rings (SSSR count). The molecule has 0 aliphatic rings. The van der Waals surface area contributed by atoms with Gasteiger partial charge in [0.15, 0.2) is 5.60 Å². The van der Waals surface area contributed by atoms with Crippen molar-refractivity contribution in [2.75, 3.05) is 0 Å². The zero-order chi connectivity index (χ0) is 11.6. The Morgan fingerprint density at radius 3 is 2.47 bits per heavy atom. The van der Waals surface area contributed by atoms with Crippen LogP contribution in [0.1, 0.15) is 18.6 Å². The monoisotopic (exact) mass is 322 g/mol. The minimum Gasteiger partial charge on any atom is -0.479 e. The fraction of sp³-hybridized carbons (Fsp3) is 0.300. The lowest BCUT2D eigenvalue weighted by atomic mass is 9.93. The number of hydrogen-bond donors (Lipinski definition) is 3. The predicted octanol–water partition coefficient (Wildman–Crippen LogP) is 1.16. The second-order valence-corrected chi connectivity index (χ2v) is 4.54. The van der Waals surface area contributed by atoms with Crippen LogP contribution < -0.4 is 0 Å². The highest BCUT2D eigenvalue weighted by atomic mass is 127. The summed E-state index contributed by atoms with van der Waals surface area (Å²) >= 11 is 1.97. The number of carbonyl (C=O) groups is 1. The van der Waals surface area contributed by atoms with E-state index >= 15 is 0 Å². The molecule has 5 heteroatoms. The lowest BCUT2D eigenvalue weighted by molar-refractivity contribution is -0.169. The molecule has 1 aromatic carbocycles. The van der Waals surface area contributed by atoms with Gasteiger partial charge in [0.25, 0.3) is 0 Å². The van der Waals surface area contributed by atoms with Crippen molar-refractivity contribution in [2.45, 2.75) is 18.6 Å². The van der Waals surface area contributed by atoms with Crippen molar-refractivity contribution in [3.05, 3.63) is 33.4 Å². The van der Waals surface area contributed by atoms with E-state index in [1.807, 2.05) is 22.6 Å². The molecule has 0 radical (unpaired) electrons. The maximum absolute atomic E-state index is 10.7. The van der Waals surface area contributed by atoms with E-state index < -0.39 is 17.7 Å². The van der Waals surface area contributed by atoms with Crippen molar-refractivity contribution in [3.8, 4) is 0 Å². The summed E-state index contributed by atoms with van der Waals surface area (Å²) in [5, 5.41) is 28.1. The van der Waals surface area contributed by atoms with Crippen LogP contribution >= 0.6 is 22.6 Å². The van der Waals surface area contributed by atoms with Crippen LogP contribution in [0.25, 0.3) is 0 Å². The highest BCUT2D eigenvalue weighted by molar-refractivity contribution is 14.1. The second kappa shape index (κ2) is 4.46. The van der Waals surface area contributed by atoms with Crippen molar-refractivity contribution in [1.29, 1.82) is 0 Å². The van der Waals surface area contributed by atoms with Crippen LogP contribution in [-0.4, -0.2) is 26.9 Å². The van der Waals surface area contributed by atoms with Gasteiger partial charge in [-0.1, -0.05) is 18.2 Å². The van der Waals surface area contributed by atoms with Crippen LogP contribution in [0.15, 0.2) is 24.3 Å². The zero-order valence-electron chi connectivity index (χ0n) is 8.01. The van der Waals surface area contributed by atoms with Gasteiger partial charge in [-0.25, -0.2) is 4.79 Å². The minimum atomic E-state index is -2.18. The molecule has 0 amide bonds. The van der Waals surface area contributed by atoms with Gasteiger partial charge in [-0.2, -0.15) is 0 Å². The van der Waals surface area contributed by atoms with Crippen LogP contribution in [0.3, 0.4) is 0 Å². The fourth-order valence-electron chi connectivity index (χ4n) is 1.12. The van der Waals surface area contributed by atoms with Gasteiger partial charge < -0.3 is 15.3 Å². The Hall–Kier alpha value is -0.660. The Morgan fingerprint density at radius 1 is 1.47 bits per heavy atom. The molecule has 4 nitrogen and oxygen atoms in total. The first-order chi connectivity index (χ1) is 6.87. The summed E-state index contributed by atoms with van der Waals surface area (Å²) in [5.74, 6) is -1.45. The second-order valence-electron chi connectivity index (χ2n) is 3.38. The molecule has 82 valence electrons. The van der Waals surface area contributed by atoms with E-state index in [4.69, 9.17) is 5.11 Å². The van der Waals surface area contributed by atoms with Crippen molar-refractivity contribution in [2.24, 2.45) is 0 Å². The molecular formula is C10H11IO4. The summed E-state index contributed by atoms with van der Waals surface area (Å²) in [6, 6.07) is 6.77. The maximum Gasteiger partial charge on any atom is 0.338 e. The number of carboxylic acids is 1. The van der Waals surface area contributed by atoms with Gasteiger partial charge >= 0.3 is 5.97 Å². The summed E-state index contributed by atoms with van der Waals surface area (Å²) < 4.78 is 0.712. The molecule has 1 unspecified atom stereocenters. The van der Waals surface area contributed by atoms with Crippen molar-refractivity contribution < 1.29 is 20.1 Å². The lowest BCUT2D eigenvalue weighted by Gasteiger charge is -2.25. The summed E-state index contributed by atoms with van der Waals surface area (Å²) in [4.78, 5) is 10.7. The molecule has 0 saturated heterocycles. The van der Waals surface area contributed by atoms with Crippen molar-refractivity contribution in [1.82, 2.24) is 0 Å². The Balaban J connectivity index is 3.10. The third-order valence-corrected chi connectivity index (χ3v) is 3.15. The number of aliphatic carboxylic acids is 1. The first kappa shape index (κ1) is 12.4. The Bertz CT molecular complexity index is 375. The van der Waals surface area contributed by atoms with E-state index in [9.17, 15) is 15.0 Å². The quantitative estimate of drug-likeness (QED) is 0.730. The smallest absolute Gasteiger partial charge is 0.338 e. The van der Waals surface area contributed by atoms with E-state index in [-0.39, 0.29) is 0 Å². The zero-order valence-corrected chi connectivity index (χ0v) is 10.2. The minimum absolute atomic E-state index is 0.408. The third-order valence-electron chi connectivity index (χ3n) is 2.17. The van der Waals surface area contributed by atoms with E-state index in [1.54, 1.807) is 24.3 Å². The molecule has 2 atom stereocenters. The average molecular weight is 322 g/mol. The maximum atomic E-state index is 10.7. The summed E-state index contributed by atoms with van der Waals surface area (Å²) in [7, 11) is 0. The molecule has 1 aromatic rings. The Kier molecular flexibility index (Phi) is 3.69. The van der Waals surface area contributed by atoms with E-state index in [2.05, 4.69) is 0 Å². The van der Waals surface area contributed by atoms with E-state index in [0.717, 1.165) is 6.92 Å². The average Bonchev–Trinajstić information content (AvgIpc) is 2.17. The number of benzene rings is 1. The number of rotatable bonds is 3. The van der Waals surface area contributed by atoms with Gasteiger partial charge in [0.2, 0.25) is 0 Å². The molecule has 0 spiro atoms. The third kappa shape index (κ3) is 2.47. The Morgan fingerprint density at radius 2 is 2.00 bits per heavy atom. The van der Waals surface area contributed by atoms with Gasteiger partial charge in [-0.05, 0) is 41.1 Å². The molecule has 0 aromatic heterocycles. The highest BCUT2D eigenvalue weighted by Crippen LogP contribution is 2.29. The molecule has 3 N–H and O–H groups in total. The normalized spacial score (nSPS) is 16.8. The summed E-state index contributed by atoms with van der Waals surface area (Å²) in [6.45, 7) is 1.07. The van der Waals surface area contributed by atoms with E-state index in [0.29, 0.717) is 9.13 Å². The highest BCUT2D eigenvalue weighted by Gasteiger charge is 2.40. The first-order valence-electron chi connectivity index (χ1n) is 4.25. The number of halogens is 1. The number of hydrogen-bond acceptors (Lipinski definition) is 3. The van der Waals surface area contributed by atoms with Crippen molar-refractivity contribution >= 4 is 28.6 Å². The first-order valence-corrected chi connectivity index (χ1v) is 5.33. The molecule has 0 aliphatic heterocycles. The molecule has 0 fully saturated rings. The molecule has 0 bridgehead atoms. The van der Waals surface area contributed by atoms with Crippen LogP contribution in [0.2, 0.25) is 0 Å². The van der Waals surface area contributed by atoms with Gasteiger partial charge in [0.05, 0.1) is 0 Å². The molecule has 0 saturated carbocycles. The van der Waals surface area contributed by atoms with E-state index in [1.165, 1.54) is 0 Å². The standard InChI is InChI=1S/C10H11IO4/c1-10(15,9(13)14)8(12)6-4-2-3-5-7(6)11/h2-5,8,12,15H,1H3,(H,13,14)/t8-,10?/m1/s1. The predicted molar refractivity (Wildman–Crippen MR) is 62.4 cm³/mol. The van der Waals surface area contributed by atoms with Crippen LogP contribution in [0, 0.1) is 3.57 Å². The topological polar surface area (TPSA) is 77.8 Å². The van der Waals surface area contributed by atoms with Gasteiger partial charge in [-0.15, -0.1) is 0 Å². The lowest BCUT2D eigenvalue weighted by Crippen LogP contribution is -2.41.